The van der Waals surface area contributed by atoms with Crippen LogP contribution in [0.3, 0.4) is 0 Å². The minimum Gasteiger partial charge on any atom is -0.493 e. The highest BCUT2D eigenvalue weighted by molar-refractivity contribution is 6.05. The van der Waals surface area contributed by atoms with Crippen LogP contribution in [-0.4, -0.2) is 12.3 Å². The van der Waals surface area contributed by atoms with Gasteiger partial charge in [-0.3, -0.25) is 4.99 Å². The fourth-order valence-corrected chi connectivity index (χ4v) is 4.17. The first-order valence-corrected chi connectivity index (χ1v) is 10.3. The molecule has 2 aromatic carbocycles. The van der Waals surface area contributed by atoms with E-state index in [1.165, 1.54) is 58.5 Å². The normalized spacial score (nSPS) is 18.6. The Morgan fingerprint density at radius 1 is 1.04 bits per heavy atom. The van der Waals surface area contributed by atoms with E-state index in [9.17, 15) is 0 Å². The molecule has 1 atom stereocenters. The Kier molecular flexibility index (Phi) is 5.15. The predicted molar refractivity (Wildman–Crippen MR) is 113 cm³/mol. The highest BCUT2D eigenvalue weighted by Crippen LogP contribution is 2.31. The smallest absolute Gasteiger partial charge is 0.119 e. The van der Waals surface area contributed by atoms with Crippen molar-refractivity contribution >= 4 is 5.71 Å². The second-order valence-electron chi connectivity index (χ2n) is 7.78. The Hall–Kier alpha value is -2.35. The first-order chi connectivity index (χ1) is 13.2. The molecule has 2 nitrogen and oxygen atoms in total. The first kappa shape index (κ1) is 18.0. The molecule has 1 aliphatic carbocycles. The summed E-state index contributed by atoms with van der Waals surface area (Å²) >= 11 is 0. The van der Waals surface area contributed by atoms with Crippen LogP contribution in [0.5, 0.6) is 5.75 Å². The Balaban J connectivity index is 1.41. The summed E-state index contributed by atoms with van der Waals surface area (Å²) in [5.41, 5.74) is 9.34. The van der Waals surface area contributed by atoms with Crippen molar-refractivity contribution in [2.75, 3.05) is 6.61 Å². The van der Waals surface area contributed by atoms with Gasteiger partial charge in [-0.1, -0.05) is 44.2 Å². The molecule has 2 aromatic rings. The fraction of sp³-hybridized carbons (Fsp3) is 0.400. The van der Waals surface area contributed by atoms with Gasteiger partial charge in [0.25, 0.3) is 0 Å². The Bertz CT molecular complexity index is 889. The summed E-state index contributed by atoms with van der Waals surface area (Å²) in [5.74, 6) is 1.38. The van der Waals surface area contributed by atoms with Gasteiger partial charge < -0.3 is 4.74 Å². The molecule has 0 amide bonds. The lowest BCUT2D eigenvalue weighted by Gasteiger charge is -2.10. The highest BCUT2D eigenvalue weighted by atomic mass is 16.5. The minimum atomic E-state index is 0.382. The molecule has 0 radical (unpaired) electrons. The molecular formula is C25H29NO. The summed E-state index contributed by atoms with van der Waals surface area (Å²) < 4.78 is 6.04. The van der Waals surface area contributed by atoms with Gasteiger partial charge in [0.1, 0.15) is 5.75 Å². The Labute approximate surface area is 163 Å². The molecule has 0 bridgehead atoms. The van der Waals surface area contributed by atoms with E-state index in [0.29, 0.717) is 12.5 Å². The number of aliphatic imine (C=N–C) groups is 1. The van der Waals surface area contributed by atoms with Crippen LogP contribution in [0.4, 0.5) is 0 Å². The zero-order valence-corrected chi connectivity index (χ0v) is 16.7. The molecule has 0 aromatic heterocycles. The van der Waals surface area contributed by atoms with Crippen LogP contribution < -0.4 is 4.74 Å². The second kappa shape index (κ2) is 7.72. The molecule has 0 saturated heterocycles. The van der Waals surface area contributed by atoms with E-state index in [0.717, 1.165) is 18.6 Å². The van der Waals surface area contributed by atoms with E-state index in [1.54, 1.807) is 0 Å². The lowest BCUT2D eigenvalue weighted by atomic mass is 9.93. The van der Waals surface area contributed by atoms with Crippen molar-refractivity contribution in [3.05, 3.63) is 76.0 Å². The van der Waals surface area contributed by atoms with Gasteiger partial charge in [-0.05, 0) is 72.6 Å². The zero-order valence-electron chi connectivity index (χ0n) is 16.7. The number of hydrogen-bond acceptors (Lipinski definition) is 2. The van der Waals surface area contributed by atoms with Crippen LogP contribution >= 0.6 is 0 Å². The topological polar surface area (TPSA) is 21.6 Å². The summed E-state index contributed by atoms with van der Waals surface area (Å²) in [4.78, 5) is 4.98. The number of rotatable bonds is 6. The van der Waals surface area contributed by atoms with E-state index in [4.69, 9.17) is 9.73 Å². The Morgan fingerprint density at radius 3 is 2.59 bits per heavy atom. The van der Waals surface area contributed by atoms with Crippen LogP contribution in [0.15, 0.2) is 58.7 Å². The fourth-order valence-electron chi connectivity index (χ4n) is 4.17. The van der Waals surface area contributed by atoms with Crippen molar-refractivity contribution in [3.63, 3.8) is 0 Å². The summed E-state index contributed by atoms with van der Waals surface area (Å²) in [6.07, 6.45) is 5.63. The Morgan fingerprint density at radius 2 is 1.81 bits per heavy atom. The van der Waals surface area contributed by atoms with Gasteiger partial charge in [-0.15, -0.1) is 0 Å². The lowest BCUT2D eigenvalue weighted by Crippen LogP contribution is -2.09. The predicted octanol–water partition coefficient (Wildman–Crippen LogP) is 5.92. The minimum absolute atomic E-state index is 0.382. The molecule has 27 heavy (non-hydrogen) atoms. The average Bonchev–Trinajstić information content (AvgIpc) is 3.27. The second-order valence-corrected chi connectivity index (χ2v) is 7.78. The van der Waals surface area contributed by atoms with E-state index < -0.39 is 0 Å². The molecule has 0 N–H and O–H groups in total. The maximum Gasteiger partial charge on any atom is 0.119 e. The number of fused-ring (bicyclic) bond motifs is 1. The average molecular weight is 360 g/mol. The van der Waals surface area contributed by atoms with Crippen molar-refractivity contribution in [1.29, 1.82) is 0 Å². The van der Waals surface area contributed by atoms with E-state index >= 15 is 0 Å². The third-order valence-corrected chi connectivity index (χ3v) is 6.11. The molecule has 1 heterocycles. The maximum absolute atomic E-state index is 6.04. The number of aryl methyl sites for hydroxylation is 3. The number of allylic oxidation sites excluding steroid dienone is 1. The molecule has 140 valence electrons. The third kappa shape index (κ3) is 3.71. The van der Waals surface area contributed by atoms with E-state index in [2.05, 4.69) is 63.2 Å². The van der Waals surface area contributed by atoms with Crippen LogP contribution in [0.25, 0.3) is 0 Å². The number of ether oxygens (including phenoxy) is 1. The lowest BCUT2D eigenvalue weighted by molar-refractivity contribution is 0.320. The number of benzene rings is 2. The number of nitrogens with zero attached hydrogens (tertiary/aromatic N) is 1. The van der Waals surface area contributed by atoms with Gasteiger partial charge in [-0.2, -0.15) is 0 Å². The van der Waals surface area contributed by atoms with E-state index in [1.807, 2.05) is 0 Å². The van der Waals surface area contributed by atoms with Gasteiger partial charge in [0.15, 0.2) is 0 Å². The van der Waals surface area contributed by atoms with Gasteiger partial charge in [-0.25, -0.2) is 0 Å². The zero-order chi connectivity index (χ0) is 18.8. The third-order valence-electron chi connectivity index (χ3n) is 6.11. The quantitative estimate of drug-likeness (QED) is 0.627. The molecular weight excluding hydrogens is 330 g/mol. The van der Waals surface area contributed by atoms with Crippen molar-refractivity contribution < 1.29 is 4.74 Å². The summed E-state index contributed by atoms with van der Waals surface area (Å²) in [6.45, 7) is 7.35. The van der Waals surface area contributed by atoms with Crippen molar-refractivity contribution in [3.8, 4) is 5.75 Å². The largest absolute Gasteiger partial charge is 0.493 e. The van der Waals surface area contributed by atoms with Gasteiger partial charge in [0, 0.05) is 18.0 Å². The molecule has 0 fully saturated rings. The molecule has 0 saturated carbocycles. The maximum atomic E-state index is 6.04. The molecule has 4 rings (SSSR count). The SMILES string of the molecule is CCc1ccc(C2=NC(CCOc3ccc4c(c3)CCC4)=C(C)C2C)cc1. The molecule has 0 spiro atoms. The van der Waals surface area contributed by atoms with Gasteiger partial charge in [0.05, 0.1) is 12.3 Å². The summed E-state index contributed by atoms with van der Waals surface area (Å²) in [7, 11) is 0. The van der Waals surface area contributed by atoms with Gasteiger partial charge in [0.2, 0.25) is 0 Å². The standard InChI is InChI=1S/C25H29NO/c1-4-19-8-10-21(11-9-19)25-18(3)17(2)24(26-25)14-15-27-23-13-12-20-6-5-7-22(20)16-23/h8-13,16,18H,4-7,14-15H2,1-3H3. The number of hydrogen-bond donors (Lipinski definition) is 0. The van der Waals surface area contributed by atoms with Crippen molar-refractivity contribution in [2.24, 2.45) is 10.9 Å². The monoisotopic (exact) mass is 359 g/mol. The van der Waals surface area contributed by atoms with Crippen LogP contribution in [0, 0.1) is 5.92 Å². The molecule has 2 heteroatoms. The highest BCUT2D eigenvalue weighted by Gasteiger charge is 2.24. The van der Waals surface area contributed by atoms with Crippen LogP contribution in [0.2, 0.25) is 0 Å². The molecule has 1 unspecified atom stereocenters. The molecule has 1 aliphatic heterocycles. The van der Waals surface area contributed by atoms with Crippen molar-refractivity contribution in [1.82, 2.24) is 0 Å². The summed E-state index contributed by atoms with van der Waals surface area (Å²) in [6, 6.07) is 15.4. The van der Waals surface area contributed by atoms with Gasteiger partial charge >= 0.3 is 0 Å². The van der Waals surface area contributed by atoms with E-state index in [-0.39, 0.29) is 0 Å². The van der Waals surface area contributed by atoms with Crippen molar-refractivity contribution in [2.45, 2.75) is 52.9 Å². The molecule has 2 aliphatic rings. The van der Waals surface area contributed by atoms with Crippen LogP contribution in [0.1, 0.15) is 55.9 Å². The van der Waals surface area contributed by atoms with Crippen LogP contribution in [-0.2, 0) is 19.3 Å². The first-order valence-electron chi connectivity index (χ1n) is 10.3. The summed E-state index contributed by atoms with van der Waals surface area (Å²) in [5, 5.41) is 0.